The van der Waals surface area contributed by atoms with Gasteiger partial charge in [-0.15, -0.1) is 0 Å². The predicted octanol–water partition coefficient (Wildman–Crippen LogP) is 7.41. The van der Waals surface area contributed by atoms with E-state index in [1.807, 2.05) is 24.3 Å². The summed E-state index contributed by atoms with van der Waals surface area (Å²) in [4.78, 5) is 99.8. The lowest BCUT2D eigenvalue weighted by Crippen LogP contribution is -2.47. The molecule has 6 atom stereocenters. The van der Waals surface area contributed by atoms with E-state index in [2.05, 4.69) is 5.32 Å². The van der Waals surface area contributed by atoms with Gasteiger partial charge in [0.2, 0.25) is 17.7 Å². The molecule has 1 aliphatic carbocycles. The molecule has 14 heteroatoms. The lowest BCUT2D eigenvalue weighted by Gasteiger charge is -2.32. The van der Waals surface area contributed by atoms with Gasteiger partial charge in [0.05, 0.1) is 12.1 Å². The Morgan fingerprint density at radius 1 is 0.788 bits per heavy atom. The number of nitrogens with two attached hydrogens (primary N) is 1. The van der Waals surface area contributed by atoms with Crippen LogP contribution in [-0.4, -0.2) is 93.6 Å². The number of ketones is 4. The number of unbranched alkanes of at least 4 members (excludes halogenated alkanes) is 1. The molecule has 0 saturated heterocycles. The summed E-state index contributed by atoms with van der Waals surface area (Å²) in [5.74, 6) is -5.76. The predicted molar refractivity (Wildman–Crippen MR) is 252 cm³/mol. The molecule has 6 rings (SSSR count). The Morgan fingerprint density at radius 3 is 2.06 bits per heavy atom. The number of hydrogen-bond acceptors (Lipinski definition) is 10. The van der Waals surface area contributed by atoms with Crippen molar-refractivity contribution in [3.8, 4) is 33.8 Å². The molecule has 0 spiro atoms. The first-order valence-electron chi connectivity index (χ1n) is 22.6. The second-order valence-corrected chi connectivity index (χ2v) is 18.3. The number of amides is 3. The third-order valence-electron chi connectivity index (χ3n) is 13.0. The van der Waals surface area contributed by atoms with Crippen LogP contribution in [0.4, 0.5) is 0 Å². The van der Waals surface area contributed by atoms with Crippen molar-refractivity contribution in [3.05, 3.63) is 107 Å². The lowest BCUT2D eigenvalue weighted by molar-refractivity contribution is -0.142. The normalized spacial score (nSPS) is 19.6. The van der Waals surface area contributed by atoms with Crippen LogP contribution in [0.2, 0.25) is 5.02 Å². The average Bonchev–Trinajstić information content (AvgIpc) is 3.74. The molecule has 3 amide bonds. The van der Waals surface area contributed by atoms with E-state index in [4.69, 9.17) is 17.3 Å². The summed E-state index contributed by atoms with van der Waals surface area (Å²) in [7, 11) is 3.03. The number of phenolic OH excluding ortho intramolecular Hbond substituents is 2. The molecule has 13 nitrogen and oxygen atoms in total. The van der Waals surface area contributed by atoms with E-state index >= 15 is 0 Å². The summed E-state index contributed by atoms with van der Waals surface area (Å²) in [6, 6.07) is 20.4. The third-order valence-corrected chi connectivity index (χ3v) is 13.3. The van der Waals surface area contributed by atoms with Crippen LogP contribution in [-0.2, 0) is 35.2 Å². The number of likely N-dealkylation sites (N-methyl/N-ethyl adjacent to an activating group) is 2. The summed E-state index contributed by atoms with van der Waals surface area (Å²) < 4.78 is 0. The number of carbonyl (C=O) groups excluding carboxylic acids is 7. The van der Waals surface area contributed by atoms with Gasteiger partial charge in [0.1, 0.15) is 17.5 Å². The molecular formula is C52H59ClN4O9. The molecule has 0 radical (unpaired) electrons. The number of phenols is 2. The molecule has 66 heavy (non-hydrogen) atoms. The minimum atomic E-state index is -1.29. The zero-order valence-electron chi connectivity index (χ0n) is 37.9. The highest BCUT2D eigenvalue weighted by Crippen LogP contribution is 2.40. The number of nitrogens with zero attached hydrogens (tertiary/aromatic N) is 2. The molecule has 5 N–H and O–H groups in total. The van der Waals surface area contributed by atoms with Crippen molar-refractivity contribution in [2.24, 2.45) is 23.5 Å². The van der Waals surface area contributed by atoms with Crippen molar-refractivity contribution in [3.63, 3.8) is 0 Å². The lowest BCUT2D eigenvalue weighted by atomic mass is 9.87. The molecule has 2 aliphatic rings. The van der Waals surface area contributed by atoms with Gasteiger partial charge in [-0.1, -0.05) is 80.4 Å². The van der Waals surface area contributed by atoms with Gasteiger partial charge in [-0.2, -0.15) is 0 Å². The highest BCUT2D eigenvalue weighted by atomic mass is 35.5. The summed E-state index contributed by atoms with van der Waals surface area (Å²) in [5.41, 5.74) is 9.20. The number of fused-ring (bicyclic) bond motifs is 5. The molecule has 4 aromatic carbocycles. The fourth-order valence-electron chi connectivity index (χ4n) is 9.13. The van der Waals surface area contributed by atoms with Crippen molar-refractivity contribution in [1.82, 2.24) is 15.1 Å². The van der Waals surface area contributed by atoms with Gasteiger partial charge >= 0.3 is 0 Å². The van der Waals surface area contributed by atoms with Crippen molar-refractivity contribution in [2.45, 2.75) is 96.2 Å². The fraction of sp³-hybridized carbons (Fsp3) is 0.404. The van der Waals surface area contributed by atoms with Crippen LogP contribution < -0.4 is 11.1 Å². The molecule has 0 unspecified atom stereocenters. The SMILES string of the molecule is C[C@@H]1CC(=O)[C@@H](N(C)C(=O)[C@H](CCCCN)CC(=O)c2ccc(-c3ccc(Cl)cc3)cc2)c2ccc(O)c(c2)-c2cc(ccc2O)C[C@@H](C(=O)C[C@@H](C)C(=O)N(C)[C@H]2CCCC2=O)NC1=O. The topological polar surface area (TPSA) is 204 Å². The molecule has 4 bridgehead atoms. The number of aromatic hydroxyl groups is 2. The van der Waals surface area contributed by atoms with Crippen LogP contribution in [0.25, 0.3) is 22.3 Å². The van der Waals surface area contributed by atoms with Gasteiger partial charge in [-0.3, -0.25) is 33.6 Å². The fourth-order valence-corrected chi connectivity index (χ4v) is 9.25. The maximum absolute atomic E-state index is 14.7. The number of benzene rings is 4. The Morgan fingerprint density at radius 2 is 1.42 bits per heavy atom. The number of carbonyl (C=O) groups is 7. The molecule has 1 aliphatic heterocycles. The van der Waals surface area contributed by atoms with E-state index in [9.17, 15) is 43.8 Å². The first-order valence-corrected chi connectivity index (χ1v) is 23.0. The van der Waals surface area contributed by atoms with Crippen LogP contribution in [0.5, 0.6) is 11.5 Å². The standard InChI is InChI=1S/C52H59ClN4O9/c1-30-24-48(63)49(57(4)52(66)37(8-5-6-23-54)29-46(61)35-14-12-33(13-15-35)34-16-19-38(53)20-17-34)36-18-22-44(59)40(28-36)39-26-32(11-21-43(39)58)27-41(55-50(30)64)47(62)25-31(2)51(65)56(3)42-9-7-10-45(42)60/h11-22,26,28,30-31,37,41-42,49,58-59H,5-10,23-25,27,29,54H2,1-4H3,(H,55,64)/t30-,31-,37-,41+,42+,49+/m1/s1. The van der Waals surface area contributed by atoms with Gasteiger partial charge < -0.3 is 31.1 Å². The molecule has 348 valence electrons. The number of nitrogens with one attached hydrogen (secondary N) is 1. The number of rotatable bonds is 15. The number of Topliss-reactive ketones (excluding diaryl/α,β-unsaturated/α-hetero) is 4. The van der Waals surface area contributed by atoms with E-state index in [0.29, 0.717) is 66.8 Å². The maximum Gasteiger partial charge on any atom is 0.226 e. The van der Waals surface area contributed by atoms with E-state index in [-0.39, 0.29) is 65.8 Å². The van der Waals surface area contributed by atoms with Gasteiger partial charge in [0.25, 0.3) is 0 Å². The molecule has 1 saturated carbocycles. The van der Waals surface area contributed by atoms with Gasteiger partial charge in [0, 0.05) is 79.2 Å². The van der Waals surface area contributed by atoms with E-state index in [1.165, 1.54) is 41.1 Å². The summed E-state index contributed by atoms with van der Waals surface area (Å²) in [6.07, 6.45) is 2.32. The van der Waals surface area contributed by atoms with Crippen LogP contribution in [0, 0.1) is 17.8 Å². The largest absolute Gasteiger partial charge is 0.507 e. The second-order valence-electron chi connectivity index (χ2n) is 17.9. The van der Waals surface area contributed by atoms with E-state index < -0.39 is 59.3 Å². The Bertz CT molecular complexity index is 2470. The van der Waals surface area contributed by atoms with E-state index in [1.54, 1.807) is 57.3 Å². The summed E-state index contributed by atoms with van der Waals surface area (Å²) in [5, 5.41) is 25.8. The molecule has 0 aromatic heterocycles. The average molecular weight is 920 g/mol. The summed E-state index contributed by atoms with van der Waals surface area (Å²) >= 11 is 6.07. The van der Waals surface area contributed by atoms with Crippen molar-refractivity contribution >= 4 is 52.5 Å². The highest BCUT2D eigenvalue weighted by molar-refractivity contribution is 6.30. The van der Waals surface area contributed by atoms with Crippen LogP contribution in [0.15, 0.2) is 84.9 Å². The minimum absolute atomic E-state index is 0.0192. The number of halogens is 1. The zero-order chi connectivity index (χ0) is 47.8. The van der Waals surface area contributed by atoms with Crippen LogP contribution in [0.3, 0.4) is 0 Å². The third kappa shape index (κ3) is 11.6. The van der Waals surface area contributed by atoms with Crippen molar-refractivity contribution in [1.29, 1.82) is 0 Å². The first-order chi connectivity index (χ1) is 31.5. The van der Waals surface area contributed by atoms with Crippen molar-refractivity contribution in [2.75, 3.05) is 20.6 Å². The van der Waals surface area contributed by atoms with Crippen LogP contribution >= 0.6 is 11.6 Å². The monoisotopic (exact) mass is 918 g/mol. The van der Waals surface area contributed by atoms with Crippen LogP contribution in [0.1, 0.15) is 99.2 Å². The van der Waals surface area contributed by atoms with Gasteiger partial charge in [0.15, 0.2) is 23.1 Å². The molecule has 4 aromatic rings. The smallest absolute Gasteiger partial charge is 0.226 e. The summed E-state index contributed by atoms with van der Waals surface area (Å²) in [6.45, 7) is 3.53. The van der Waals surface area contributed by atoms with E-state index in [0.717, 1.165) is 11.1 Å². The Labute approximate surface area is 390 Å². The van der Waals surface area contributed by atoms with Gasteiger partial charge in [-0.25, -0.2) is 0 Å². The first kappa shape index (κ1) is 49.3. The molecule has 1 heterocycles. The number of hydrogen-bond donors (Lipinski definition) is 4. The minimum Gasteiger partial charge on any atom is -0.507 e. The quantitative estimate of drug-likeness (QED) is 0.0687. The maximum atomic E-state index is 14.7. The highest BCUT2D eigenvalue weighted by Gasteiger charge is 2.37. The zero-order valence-corrected chi connectivity index (χ0v) is 38.7. The van der Waals surface area contributed by atoms with Gasteiger partial charge in [-0.05, 0) is 97.3 Å². The molecule has 1 fully saturated rings. The van der Waals surface area contributed by atoms with Crippen molar-refractivity contribution < 1.29 is 43.8 Å². The second kappa shape index (κ2) is 21.9. The Balaban J connectivity index is 1.29. The Kier molecular flexibility index (Phi) is 16.3. The molecular weight excluding hydrogens is 860 g/mol. The Hall–Kier alpha value is -6.18.